The first-order chi connectivity index (χ1) is 24.2. The van der Waals surface area contributed by atoms with Crippen molar-refractivity contribution in [3.05, 3.63) is 11.8 Å². The number of hydrogen-bond acceptors (Lipinski definition) is 8. The number of carbonyl (C=O) groups excluding carboxylic acids is 4. The molecule has 10 nitrogen and oxygen atoms in total. The molecule has 296 valence electrons. The van der Waals surface area contributed by atoms with Gasteiger partial charge in [0.2, 0.25) is 12.3 Å². The molecular weight excluding hydrogens is 656 g/mol. The topological polar surface area (TPSA) is 117 Å². The van der Waals surface area contributed by atoms with Gasteiger partial charge in [0.1, 0.15) is 5.78 Å². The van der Waals surface area contributed by atoms with Gasteiger partial charge in [-0.15, -0.1) is 0 Å². The maximum atomic E-state index is 12.9. The van der Waals surface area contributed by atoms with Crippen LogP contribution in [0.15, 0.2) is 11.8 Å². The Morgan fingerprint density at radius 3 is 1.31 bits per heavy atom. The SMILES string of the molecule is CC(C)(C)C(=O)CC(=O)NC1C2CC3CC(C2)CC1C3.CN(C)/C=C(\C(=O)NC1C2CC3CC(C2)CC1C3)C(=O)C(C)(C)C.COC(OC)N(C)C. The van der Waals surface area contributed by atoms with Crippen molar-refractivity contribution in [2.45, 2.75) is 131 Å². The van der Waals surface area contributed by atoms with Crippen molar-refractivity contribution >= 4 is 23.4 Å². The standard InChI is InChI=1S/C20H32N2O2.C17H27NO2.C5H13NO2/c1-20(2,3)18(23)16(11-22(4)5)19(24)21-17-14-7-12-6-13(9-14)10-15(17)8-12;1-17(2,3)14(19)9-15(20)18-16-12-5-10-4-11(7-12)8-13(16)6-10;1-6(2)5(7-3)8-4/h11-15,17H,6-10H2,1-5H3,(H,21,24);10-13,16H,4-9H2,1-3H3,(H,18,20);5H,1-4H3/b16-11-;;. The molecule has 8 aliphatic rings. The lowest BCUT2D eigenvalue weighted by Gasteiger charge is -2.54. The second kappa shape index (κ2) is 17.4. The molecule has 8 bridgehead atoms. The van der Waals surface area contributed by atoms with Crippen LogP contribution in [0, 0.1) is 58.2 Å². The highest BCUT2D eigenvalue weighted by Gasteiger charge is 2.50. The molecule has 2 amide bonds. The molecule has 0 radical (unpaired) electrons. The van der Waals surface area contributed by atoms with Crippen LogP contribution in [0.5, 0.6) is 0 Å². The summed E-state index contributed by atoms with van der Waals surface area (Å²) >= 11 is 0. The molecule has 52 heavy (non-hydrogen) atoms. The summed E-state index contributed by atoms with van der Waals surface area (Å²) in [5.41, 5.74) is -0.675. The number of rotatable bonds is 10. The number of Topliss-reactive ketones (excluding diaryl/α,β-unsaturated/α-hetero) is 2. The summed E-state index contributed by atoms with van der Waals surface area (Å²) in [6, 6.07) is 0.617. The Hall–Kier alpha value is -2.30. The van der Waals surface area contributed by atoms with Gasteiger partial charge in [0, 0.05) is 57.4 Å². The average Bonchev–Trinajstić information content (AvgIpc) is 3.02. The van der Waals surface area contributed by atoms with Crippen LogP contribution in [0.2, 0.25) is 0 Å². The fraction of sp³-hybridized carbons (Fsp3) is 0.857. The Morgan fingerprint density at radius 1 is 0.635 bits per heavy atom. The predicted octanol–water partition coefficient (Wildman–Crippen LogP) is 6.05. The highest BCUT2D eigenvalue weighted by atomic mass is 16.7. The number of ether oxygens (including phenoxy) is 2. The van der Waals surface area contributed by atoms with E-state index >= 15 is 0 Å². The molecule has 0 aromatic rings. The van der Waals surface area contributed by atoms with E-state index in [1.54, 1.807) is 25.3 Å². The maximum absolute atomic E-state index is 12.9. The molecule has 8 aliphatic carbocycles. The van der Waals surface area contributed by atoms with E-state index < -0.39 is 10.8 Å². The van der Waals surface area contributed by atoms with Crippen LogP contribution < -0.4 is 10.6 Å². The summed E-state index contributed by atoms with van der Waals surface area (Å²) in [4.78, 5) is 53.4. The van der Waals surface area contributed by atoms with Crippen LogP contribution in [-0.2, 0) is 28.7 Å². The van der Waals surface area contributed by atoms with Gasteiger partial charge in [0.25, 0.3) is 5.91 Å². The van der Waals surface area contributed by atoms with Crippen molar-refractivity contribution in [2.24, 2.45) is 58.2 Å². The highest BCUT2D eigenvalue weighted by Crippen LogP contribution is 2.54. The first-order valence-electron chi connectivity index (χ1n) is 20.0. The largest absolute Gasteiger partial charge is 0.383 e. The zero-order chi connectivity index (χ0) is 38.7. The Balaban J connectivity index is 0.000000195. The van der Waals surface area contributed by atoms with Crippen molar-refractivity contribution < 1.29 is 28.7 Å². The van der Waals surface area contributed by atoms with E-state index in [0.717, 1.165) is 23.7 Å². The van der Waals surface area contributed by atoms with Gasteiger partial charge in [-0.25, -0.2) is 0 Å². The second-order valence-corrected chi connectivity index (χ2v) is 19.6. The molecule has 0 atom stereocenters. The quantitative estimate of drug-likeness (QED) is 0.121. The Morgan fingerprint density at radius 2 is 1.02 bits per heavy atom. The molecule has 0 unspecified atom stereocenters. The van der Waals surface area contributed by atoms with E-state index in [1.807, 2.05) is 74.6 Å². The van der Waals surface area contributed by atoms with Gasteiger partial charge in [-0.3, -0.25) is 24.1 Å². The van der Waals surface area contributed by atoms with Gasteiger partial charge in [-0.05, 0) is 126 Å². The Labute approximate surface area is 314 Å². The fourth-order valence-corrected chi connectivity index (χ4v) is 10.6. The summed E-state index contributed by atoms with van der Waals surface area (Å²) in [5.74, 6) is 5.93. The monoisotopic (exact) mass is 729 g/mol. The third-order valence-corrected chi connectivity index (χ3v) is 12.6. The molecule has 8 fully saturated rings. The maximum Gasteiger partial charge on any atom is 0.256 e. The van der Waals surface area contributed by atoms with Crippen LogP contribution in [0.3, 0.4) is 0 Å². The van der Waals surface area contributed by atoms with Gasteiger partial charge < -0.3 is 25.0 Å². The lowest BCUT2D eigenvalue weighted by molar-refractivity contribution is -0.179. The summed E-state index contributed by atoms with van der Waals surface area (Å²) in [6.45, 7) is 11.3. The summed E-state index contributed by atoms with van der Waals surface area (Å²) in [7, 11) is 10.7. The smallest absolute Gasteiger partial charge is 0.256 e. The molecule has 8 saturated carbocycles. The van der Waals surface area contributed by atoms with Crippen molar-refractivity contribution in [1.29, 1.82) is 0 Å². The molecule has 0 heterocycles. The predicted molar refractivity (Wildman–Crippen MR) is 205 cm³/mol. The molecule has 0 saturated heterocycles. The van der Waals surface area contributed by atoms with Gasteiger partial charge in [-0.1, -0.05) is 41.5 Å². The molecule has 8 rings (SSSR count). The number of carbonyl (C=O) groups is 4. The van der Waals surface area contributed by atoms with E-state index in [4.69, 9.17) is 9.47 Å². The fourth-order valence-electron chi connectivity index (χ4n) is 10.6. The van der Waals surface area contributed by atoms with E-state index in [-0.39, 0.29) is 42.3 Å². The molecule has 2 N–H and O–H groups in total. The summed E-state index contributed by atoms with van der Waals surface area (Å²) in [5, 5.41) is 6.47. The average molecular weight is 729 g/mol. The van der Waals surface area contributed by atoms with Crippen LogP contribution in [0.4, 0.5) is 0 Å². The molecule has 0 aliphatic heterocycles. The number of ketones is 2. The minimum Gasteiger partial charge on any atom is -0.383 e. The molecule has 10 heteroatoms. The Bertz CT molecular complexity index is 1230. The number of amides is 2. The first kappa shape index (κ1) is 42.4. The summed E-state index contributed by atoms with van der Waals surface area (Å²) in [6.07, 6.45) is 14.6. The van der Waals surface area contributed by atoms with Crippen LogP contribution in [0.25, 0.3) is 0 Å². The van der Waals surface area contributed by atoms with Gasteiger partial charge in [0.15, 0.2) is 5.78 Å². The number of nitrogens with zero attached hydrogens (tertiary/aromatic N) is 2. The van der Waals surface area contributed by atoms with E-state index in [9.17, 15) is 19.2 Å². The van der Waals surface area contributed by atoms with Crippen molar-refractivity contribution in [1.82, 2.24) is 20.4 Å². The molecular formula is C42H72N4O6. The first-order valence-corrected chi connectivity index (χ1v) is 20.0. The zero-order valence-electron chi connectivity index (χ0n) is 34.6. The van der Waals surface area contributed by atoms with Crippen molar-refractivity contribution in [2.75, 3.05) is 42.4 Å². The van der Waals surface area contributed by atoms with E-state index in [0.29, 0.717) is 35.3 Å². The molecule has 0 spiro atoms. The van der Waals surface area contributed by atoms with E-state index in [2.05, 4.69) is 10.6 Å². The van der Waals surface area contributed by atoms with E-state index in [1.165, 1.54) is 64.2 Å². The van der Waals surface area contributed by atoms with Crippen molar-refractivity contribution in [3.63, 3.8) is 0 Å². The third kappa shape index (κ3) is 10.9. The van der Waals surface area contributed by atoms with Crippen molar-refractivity contribution in [3.8, 4) is 0 Å². The summed E-state index contributed by atoms with van der Waals surface area (Å²) < 4.78 is 9.73. The molecule has 0 aromatic heterocycles. The van der Waals surface area contributed by atoms with Gasteiger partial charge >= 0.3 is 0 Å². The lowest BCUT2D eigenvalue weighted by Crippen LogP contribution is -2.56. The number of methoxy groups -OCH3 is 2. The lowest BCUT2D eigenvalue weighted by atomic mass is 9.54. The molecule has 0 aromatic carbocycles. The minimum atomic E-state index is -0.552. The second-order valence-electron chi connectivity index (χ2n) is 19.6. The van der Waals surface area contributed by atoms with Crippen LogP contribution in [0.1, 0.15) is 112 Å². The number of hydrogen-bond donors (Lipinski definition) is 2. The zero-order valence-corrected chi connectivity index (χ0v) is 34.6. The van der Waals surface area contributed by atoms with Gasteiger partial charge in [-0.2, -0.15) is 0 Å². The Kier molecular flexibility index (Phi) is 14.2. The normalized spacial score (nSPS) is 32.8. The van der Waals surface area contributed by atoms with Crippen LogP contribution in [-0.4, -0.2) is 94.1 Å². The highest BCUT2D eigenvalue weighted by molar-refractivity contribution is 6.20. The minimum absolute atomic E-state index is 0.0406. The third-order valence-electron chi connectivity index (χ3n) is 12.6. The van der Waals surface area contributed by atoms with Crippen LogP contribution >= 0.6 is 0 Å². The van der Waals surface area contributed by atoms with Gasteiger partial charge in [0.05, 0.1) is 12.0 Å². The number of nitrogens with one attached hydrogen (secondary N) is 2.